The van der Waals surface area contributed by atoms with E-state index in [0.29, 0.717) is 12.1 Å². The molecule has 1 fully saturated rings. The Bertz CT molecular complexity index is 238. The van der Waals surface area contributed by atoms with E-state index in [1.54, 1.807) is 0 Å². The molecule has 0 aliphatic heterocycles. The first-order valence-electron chi connectivity index (χ1n) is 7.07. The first kappa shape index (κ1) is 14.5. The van der Waals surface area contributed by atoms with Gasteiger partial charge < -0.3 is 0 Å². The summed E-state index contributed by atoms with van der Waals surface area (Å²) in [6.07, 6.45) is 6.73. The van der Waals surface area contributed by atoms with Crippen molar-refractivity contribution in [2.75, 3.05) is 13.1 Å². The average Bonchev–Trinajstić information content (AvgIpc) is 2.35. The Hall–Kier alpha value is -0.590. The lowest BCUT2D eigenvalue weighted by Crippen LogP contribution is -2.47. The summed E-state index contributed by atoms with van der Waals surface area (Å²) in [6, 6.07) is 3.44. The fraction of sp³-hybridized carbons (Fsp3) is 0.929. The van der Waals surface area contributed by atoms with Crippen LogP contribution in [0.1, 0.15) is 52.9 Å². The van der Waals surface area contributed by atoms with Gasteiger partial charge in [0.25, 0.3) is 0 Å². The first-order valence-corrected chi connectivity index (χ1v) is 7.07. The molecule has 3 heteroatoms. The van der Waals surface area contributed by atoms with Gasteiger partial charge in [-0.05, 0) is 33.2 Å². The minimum Gasteiger partial charge on any atom is -0.299 e. The topological polar surface area (TPSA) is 39.1 Å². The summed E-state index contributed by atoms with van der Waals surface area (Å²) in [6.45, 7) is 8.33. The quantitative estimate of drug-likeness (QED) is 0.771. The summed E-state index contributed by atoms with van der Waals surface area (Å²) >= 11 is 0. The van der Waals surface area contributed by atoms with Crippen LogP contribution in [0.2, 0.25) is 0 Å². The van der Waals surface area contributed by atoms with Gasteiger partial charge in [-0.3, -0.25) is 10.2 Å². The molecule has 1 aliphatic rings. The Balaban J connectivity index is 2.46. The standard InChI is InChI=1S/C14H27N3/c1-4-17(14-8-6-5-7-9-14)11-13(10-15)16-12(2)3/h12-14,16H,4-9,11H2,1-3H3. The lowest BCUT2D eigenvalue weighted by atomic mass is 9.94. The van der Waals surface area contributed by atoms with E-state index in [0.717, 1.165) is 13.1 Å². The van der Waals surface area contributed by atoms with Crippen LogP contribution < -0.4 is 5.32 Å². The van der Waals surface area contributed by atoms with Crippen LogP contribution in [0.3, 0.4) is 0 Å². The fourth-order valence-electron chi connectivity index (χ4n) is 2.75. The summed E-state index contributed by atoms with van der Waals surface area (Å²) in [5.41, 5.74) is 0. The van der Waals surface area contributed by atoms with Crippen molar-refractivity contribution in [2.45, 2.75) is 71.0 Å². The normalized spacial score (nSPS) is 19.5. The number of nitrogens with zero attached hydrogens (tertiary/aromatic N) is 2. The van der Waals surface area contributed by atoms with Gasteiger partial charge in [0.15, 0.2) is 0 Å². The molecule has 0 bridgehead atoms. The summed E-state index contributed by atoms with van der Waals surface area (Å²) in [4.78, 5) is 2.49. The first-order chi connectivity index (χ1) is 8.17. The van der Waals surface area contributed by atoms with Crippen LogP contribution in [0.25, 0.3) is 0 Å². The Morgan fingerprint density at radius 2 is 1.94 bits per heavy atom. The Morgan fingerprint density at radius 1 is 1.29 bits per heavy atom. The van der Waals surface area contributed by atoms with Gasteiger partial charge in [0.2, 0.25) is 0 Å². The van der Waals surface area contributed by atoms with Gasteiger partial charge in [-0.1, -0.05) is 26.2 Å². The molecule has 0 amide bonds. The van der Waals surface area contributed by atoms with Crippen molar-refractivity contribution in [3.05, 3.63) is 0 Å². The zero-order chi connectivity index (χ0) is 12.7. The van der Waals surface area contributed by atoms with Crippen molar-refractivity contribution in [3.8, 4) is 6.07 Å². The molecule has 0 aromatic carbocycles. The fourth-order valence-corrected chi connectivity index (χ4v) is 2.75. The molecule has 98 valence electrons. The molecule has 1 rings (SSSR count). The van der Waals surface area contributed by atoms with Crippen molar-refractivity contribution in [1.82, 2.24) is 10.2 Å². The average molecular weight is 237 g/mol. The zero-order valence-electron chi connectivity index (χ0n) is 11.6. The Kier molecular flexibility index (Phi) is 6.54. The van der Waals surface area contributed by atoms with Crippen molar-refractivity contribution in [2.24, 2.45) is 0 Å². The number of nitriles is 1. The highest BCUT2D eigenvalue weighted by Crippen LogP contribution is 2.22. The van der Waals surface area contributed by atoms with Crippen molar-refractivity contribution in [1.29, 1.82) is 5.26 Å². The van der Waals surface area contributed by atoms with Gasteiger partial charge in [-0.25, -0.2) is 0 Å². The molecule has 3 nitrogen and oxygen atoms in total. The zero-order valence-corrected chi connectivity index (χ0v) is 11.6. The van der Waals surface area contributed by atoms with E-state index in [4.69, 9.17) is 0 Å². The van der Waals surface area contributed by atoms with Gasteiger partial charge in [0.1, 0.15) is 6.04 Å². The number of likely N-dealkylation sites (N-methyl/N-ethyl adjacent to an activating group) is 1. The molecule has 1 saturated carbocycles. The smallest absolute Gasteiger partial charge is 0.108 e. The highest BCUT2D eigenvalue weighted by molar-refractivity contribution is 4.94. The van der Waals surface area contributed by atoms with Gasteiger partial charge >= 0.3 is 0 Å². The Morgan fingerprint density at radius 3 is 2.41 bits per heavy atom. The van der Waals surface area contributed by atoms with Gasteiger partial charge in [-0.2, -0.15) is 5.26 Å². The van der Waals surface area contributed by atoms with E-state index in [9.17, 15) is 5.26 Å². The van der Waals surface area contributed by atoms with Crippen molar-refractivity contribution in [3.63, 3.8) is 0 Å². The SMILES string of the molecule is CCN(CC(C#N)NC(C)C)C1CCCCC1. The lowest BCUT2D eigenvalue weighted by molar-refractivity contribution is 0.154. The number of hydrogen-bond acceptors (Lipinski definition) is 3. The van der Waals surface area contributed by atoms with Crippen LogP contribution in [0.4, 0.5) is 0 Å². The minimum atomic E-state index is -0.0307. The highest BCUT2D eigenvalue weighted by Gasteiger charge is 2.22. The van der Waals surface area contributed by atoms with Crippen LogP contribution >= 0.6 is 0 Å². The summed E-state index contributed by atoms with van der Waals surface area (Å²) in [5.74, 6) is 0. The van der Waals surface area contributed by atoms with Crippen molar-refractivity contribution >= 4 is 0 Å². The van der Waals surface area contributed by atoms with Crippen LogP contribution in [0.5, 0.6) is 0 Å². The second-order valence-electron chi connectivity index (χ2n) is 5.38. The maximum Gasteiger partial charge on any atom is 0.108 e. The third-order valence-electron chi connectivity index (χ3n) is 3.60. The van der Waals surface area contributed by atoms with Crippen LogP contribution in [-0.2, 0) is 0 Å². The van der Waals surface area contributed by atoms with Crippen LogP contribution in [-0.4, -0.2) is 36.1 Å². The lowest BCUT2D eigenvalue weighted by Gasteiger charge is -2.35. The summed E-state index contributed by atoms with van der Waals surface area (Å²) in [7, 11) is 0. The second kappa shape index (κ2) is 7.68. The van der Waals surface area contributed by atoms with Crippen molar-refractivity contribution < 1.29 is 0 Å². The third kappa shape index (κ3) is 5.06. The molecule has 0 saturated heterocycles. The second-order valence-corrected chi connectivity index (χ2v) is 5.38. The third-order valence-corrected chi connectivity index (χ3v) is 3.60. The maximum absolute atomic E-state index is 9.18. The predicted octanol–water partition coefficient (Wildman–Crippen LogP) is 2.53. The maximum atomic E-state index is 9.18. The molecule has 1 atom stereocenters. The largest absolute Gasteiger partial charge is 0.299 e. The molecule has 1 N–H and O–H groups in total. The summed E-state index contributed by atoms with van der Waals surface area (Å²) in [5, 5.41) is 12.5. The minimum absolute atomic E-state index is 0.0307. The van der Waals surface area contributed by atoms with E-state index in [2.05, 4.69) is 37.1 Å². The van der Waals surface area contributed by atoms with Gasteiger partial charge in [0, 0.05) is 18.6 Å². The summed E-state index contributed by atoms with van der Waals surface area (Å²) < 4.78 is 0. The van der Waals surface area contributed by atoms with E-state index in [1.165, 1.54) is 32.1 Å². The van der Waals surface area contributed by atoms with E-state index in [1.807, 2.05) is 0 Å². The predicted molar refractivity (Wildman–Crippen MR) is 71.8 cm³/mol. The van der Waals surface area contributed by atoms with Crippen LogP contribution in [0, 0.1) is 11.3 Å². The molecular weight excluding hydrogens is 210 g/mol. The molecule has 0 spiro atoms. The molecule has 0 aromatic rings. The molecular formula is C14H27N3. The van der Waals surface area contributed by atoms with E-state index < -0.39 is 0 Å². The molecule has 17 heavy (non-hydrogen) atoms. The molecule has 0 heterocycles. The van der Waals surface area contributed by atoms with Crippen LogP contribution in [0.15, 0.2) is 0 Å². The number of rotatable bonds is 6. The van der Waals surface area contributed by atoms with Gasteiger partial charge in [0.05, 0.1) is 6.07 Å². The number of nitrogens with one attached hydrogen (secondary N) is 1. The Labute approximate surface area is 106 Å². The van der Waals surface area contributed by atoms with E-state index >= 15 is 0 Å². The highest BCUT2D eigenvalue weighted by atomic mass is 15.2. The van der Waals surface area contributed by atoms with Gasteiger partial charge in [-0.15, -0.1) is 0 Å². The monoisotopic (exact) mass is 237 g/mol. The molecule has 1 aliphatic carbocycles. The number of hydrogen-bond donors (Lipinski definition) is 1. The van der Waals surface area contributed by atoms with E-state index in [-0.39, 0.29) is 6.04 Å². The molecule has 0 radical (unpaired) electrons. The molecule has 1 unspecified atom stereocenters. The molecule has 0 aromatic heterocycles.